The van der Waals surface area contributed by atoms with E-state index in [9.17, 15) is 14.7 Å². The maximum absolute atomic E-state index is 12.6. The fraction of sp³-hybridized carbons (Fsp3) is 0.333. The summed E-state index contributed by atoms with van der Waals surface area (Å²) in [5, 5.41) is 12.6. The lowest BCUT2D eigenvalue weighted by Crippen LogP contribution is -2.41. The van der Waals surface area contributed by atoms with E-state index in [1.165, 1.54) is 5.56 Å². The van der Waals surface area contributed by atoms with Gasteiger partial charge in [0.25, 0.3) is 0 Å². The smallest absolute Gasteiger partial charge is 0.313 e. The van der Waals surface area contributed by atoms with Crippen LogP contribution >= 0.6 is 0 Å². The molecule has 4 heteroatoms. The monoisotopic (exact) mass is 337 g/mol. The van der Waals surface area contributed by atoms with Gasteiger partial charge < -0.3 is 10.4 Å². The van der Waals surface area contributed by atoms with Crippen molar-refractivity contribution < 1.29 is 14.7 Å². The minimum absolute atomic E-state index is 0.126. The van der Waals surface area contributed by atoms with Crippen LogP contribution in [0.1, 0.15) is 39.3 Å². The number of carboxylic acid groups (broad SMARTS) is 1. The first-order chi connectivity index (χ1) is 11.9. The van der Waals surface area contributed by atoms with E-state index in [4.69, 9.17) is 0 Å². The van der Waals surface area contributed by atoms with Crippen molar-refractivity contribution in [1.29, 1.82) is 0 Å². The lowest BCUT2D eigenvalue weighted by molar-refractivity contribution is -0.139. The number of carboxylic acids is 1. The Labute approximate surface area is 147 Å². The highest BCUT2D eigenvalue weighted by Crippen LogP contribution is 2.33. The molecule has 0 saturated carbocycles. The fourth-order valence-electron chi connectivity index (χ4n) is 3.94. The Morgan fingerprint density at radius 2 is 1.76 bits per heavy atom. The molecule has 1 aliphatic rings. The maximum Gasteiger partial charge on any atom is 0.313 e. The highest BCUT2D eigenvalue weighted by molar-refractivity contribution is 5.84. The van der Waals surface area contributed by atoms with Gasteiger partial charge in [-0.05, 0) is 55.0 Å². The van der Waals surface area contributed by atoms with Crippen molar-refractivity contribution in [2.24, 2.45) is 0 Å². The molecule has 2 N–H and O–H groups in total. The number of aliphatic carboxylic acids is 1. The number of fused-ring (bicyclic) bond motifs is 1. The summed E-state index contributed by atoms with van der Waals surface area (Å²) >= 11 is 0. The van der Waals surface area contributed by atoms with E-state index < -0.39 is 17.9 Å². The number of hydrogen-bond acceptors (Lipinski definition) is 2. The molecule has 2 aromatic rings. The Kier molecular flexibility index (Phi) is 4.62. The summed E-state index contributed by atoms with van der Waals surface area (Å²) in [7, 11) is 0. The van der Waals surface area contributed by atoms with Crippen LogP contribution in [-0.4, -0.2) is 23.0 Å². The molecule has 1 amide bonds. The molecule has 2 atom stereocenters. The molecular weight excluding hydrogens is 314 g/mol. The third kappa shape index (κ3) is 3.43. The topological polar surface area (TPSA) is 66.4 Å². The Morgan fingerprint density at radius 1 is 1.12 bits per heavy atom. The van der Waals surface area contributed by atoms with Gasteiger partial charge in [0.05, 0.1) is 12.5 Å². The van der Waals surface area contributed by atoms with Crippen molar-refractivity contribution in [2.45, 2.75) is 45.6 Å². The summed E-state index contributed by atoms with van der Waals surface area (Å²) in [5.41, 5.74) is 6.20. The molecule has 4 nitrogen and oxygen atoms in total. The van der Waals surface area contributed by atoms with E-state index >= 15 is 0 Å². The van der Waals surface area contributed by atoms with Gasteiger partial charge in [-0.3, -0.25) is 9.59 Å². The zero-order valence-corrected chi connectivity index (χ0v) is 14.8. The van der Waals surface area contributed by atoms with Crippen LogP contribution in [-0.2, 0) is 22.4 Å². The summed E-state index contributed by atoms with van der Waals surface area (Å²) in [6.45, 7) is 6.05. The van der Waals surface area contributed by atoms with Crippen LogP contribution in [0, 0.1) is 20.8 Å². The first-order valence-corrected chi connectivity index (χ1v) is 8.53. The van der Waals surface area contributed by atoms with Gasteiger partial charge in [0.15, 0.2) is 0 Å². The van der Waals surface area contributed by atoms with Gasteiger partial charge in [0, 0.05) is 0 Å². The molecule has 3 rings (SSSR count). The minimum Gasteiger partial charge on any atom is -0.481 e. The number of carbonyl (C=O) groups is 2. The number of carbonyl (C=O) groups excluding carboxylic acids is 1. The molecule has 0 fully saturated rings. The highest BCUT2D eigenvalue weighted by Gasteiger charge is 2.38. The van der Waals surface area contributed by atoms with Crippen molar-refractivity contribution in [3.05, 3.63) is 69.8 Å². The van der Waals surface area contributed by atoms with Crippen LogP contribution in [0.25, 0.3) is 0 Å². The molecule has 0 radical (unpaired) electrons. The predicted octanol–water partition coefficient (Wildman–Crippen LogP) is 3.06. The van der Waals surface area contributed by atoms with E-state index in [0.717, 1.165) is 27.8 Å². The van der Waals surface area contributed by atoms with Crippen molar-refractivity contribution in [1.82, 2.24) is 5.32 Å². The minimum atomic E-state index is -0.891. The van der Waals surface area contributed by atoms with Crippen LogP contribution in [0.15, 0.2) is 36.4 Å². The van der Waals surface area contributed by atoms with Crippen LogP contribution in [0.4, 0.5) is 0 Å². The normalized spacial score (nSPS) is 18.7. The lowest BCUT2D eigenvalue weighted by atomic mass is 9.96. The average Bonchev–Trinajstić information content (AvgIpc) is 2.88. The van der Waals surface area contributed by atoms with Gasteiger partial charge in [-0.1, -0.05) is 42.0 Å². The molecule has 0 saturated heterocycles. The molecule has 0 aromatic heterocycles. The number of aryl methyl sites for hydroxylation is 3. The third-order valence-corrected chi connectivity index (χ3v) is 5.02. The standard InChI is InChI=1S/C21H23NO3/c1-12-8-13(2)17(14(3)9-12)11-19(23)22-18-10-15-6-4-5-7-16(15)20(18)21(24)25/h4-9,18,20H,10-11H2,1-3H3,(H,22,23)(H,24,25). The lowest BCUT2D eigenvalue weighted by Gasteiger charge is -2.19. The molecule has 1 aliphatic carbocycles. The summed E-state index contributed by atoms with van der Waals surface area (Å²) < 4.78 is 0. The molecular formula is C21H23NO3. The van der Waals surface area contributed by atoms with E-state index in [0.29, 0.717) is 6.42 Å². The van der Waals surface area contributed by atoms with E-state index in [2.05, 4.69) is 17.4 Å². The third-order valence-electron chi connectivity index (χ3n) is 5.02. The average molecular weight is 337 g/mol. The second-order valence-electron chi connectivity index (χ2n) is 6.95. The highest BCUT2D eigenvalue weighted by atomic mass is 16.4. The first-order valence-electron chi connectivity index (χ1n) is 8.53. The molecule has 0 spiro atoms. The summed E-state index contributed by atoms with van der Waals surface area (Å²) in [6, 6.07) is 11.3. The van der Waals surface area contributed by atoms with Crippen LogP contribution in [0.2, 0.25) is 0 Å². The van der Waals surface area contributed by atoms with Crippen molar-refractivity contribution in [3.8, 4) is 0 Å². The second-order valence-corrected chi connectivity index (χ2v) is 6.95. The summed E-state index contributed by atoms with van der Waals surface area (Å²) in [5.74, 6) is -1.70. The van der Waals surface area contributed by atoms with Gasteiger partial charge in [-0.25, -0.2) is 0 Å². The molecule has 0 bridgehead atoms. The number of amides is 1. The first kappa shape index (κ1) is 17.2. The molecule has 2 aromatic carbocycles. The molecule has 0 aliphatic heterocycles. The van der Waals surface area contributed by atoms with E-state index in [1.807, 2.05) is 45.0 Å². The maximum atomic E-state index is 12.6. The Bertz CT molecular complexity index is 818. The largest absolute Gasteiger partial charge is 0.481 e. The van der Waals surface area contributed by atoms with Gasteiger partial charge in [0.2, 0.25) is 5.91 Å². The van der Waals surface area contributed by atoms with E-state index in [1.54, 1.807) is 0 Å². The van der Waals surface area contributed by atoms with Gasteiger partial charge >= 0.3 is 5.97 Å². The summed E-state index contributed by atoms with van der Waals surface area (Å²) in [4.78, 5) is 24.3. The molecule has 25 heavy (non-hydrogen) atoms. The number of rotatable bonds is 4. The Hall–Kier alpha value is -2.62. The summed E-state index contributed by atoms with van der Waals surface area (Å²) in [6.07, 6.45) is 0.835. The number of nitrogens with one attached hydrogen (secondary N) is 1. The van der Waals surface area contributed by atoms with Crippen molar-refractivity contribution in [3.63, 3.8) is 0 Å². The van der Waals surface area contributed by atoms with Crippen LogP contribution < -0.4 is 5.32 Å². The molecule has 2 unspecified atom stereocenters. The van der Waals surface area contributed by atoms with Gasteiger partial charge in [0.1, 0.15) is 5.92 Å². The zero-order chi connectivity index (χ0) is 18.1. The van der Waals surface area contributed by atoms with E-state index in [-0.39, 0.29) is 12.3 Å². The van der Waals surface area contributed by atoms with Crippen molar-refractivity contribution in [2.75, 3.05) is 0 Å². The Morgan fingerprint density at radius 3 is 2.40 bits per heavy atom. The quantitative estimate of drug-likeness (QED) is 0.901. The van der Waals surface area contributed by atoms with Crippen molar-refractivity contribution >= 4 is 11.9 Å². The van der Waals surface area contributed by atoms with Crippen LogP contribution in [0.5, 0.6) is 0 Å². The predicted molar refractivity (Wildman–Crippen MR) is 96.8 cm³/mol. The SMILES string of the molecule is Cc1cc(C)c(CC(=O)NC2Cc3ccccc3C2C(=O)O)c(C)c1. The second kappa shape index (κ2) is 6.71. The molecule has 0 heterocycles. The van der Waals surface area contributed by atoms with Crippen LogP contribution in [0.3, 0.4) is 0 Å². The van der Waals surface area contributed by atoms with Gasteiger partial charge in [-0.15, -0.1) is 0 Å². The number of benzene rings is 2. The molecule has 130 valence electrons. The fourth-order valence-corrected chi connectivity index (χ4v) is 3.94. The number of hydrogen-bond donors (Lipinski definition) is 2. The zero-order valence-electron chi connectivity index (χ0n) is 14.8. The Balaban J connectivity index is 1.77. The van der Waals surface area contributed by atoms with Gasteiger partial charge in [-0.2, -0.15) is 0 Å².